The summed E-state index contributed by atoms with van der Waals surface area (Å²) in [6.07, 6.45) is 0. The molecule has 1 aromatic heterocycles. The number of aliphatic hydroxyl groups excluding tert-OH is 1. The van der Waals surface area contributed by atoms with Crippen LogP contribution >= 0.6 is 11.3 Å². The molecule has 0 amide bonds. The highest BCUT2D eigenvalue weighted by molar-refractivity contribution is 7.93. The number of sulfonamides is 1. The minimum Gasteiger partial charge on any atom is -0.391 e. The molecule has 2 aromatic rings. The minimum absolute atomic E-state index is 0.149. The highest BCUT2D eigenvalue weighted by Crippen LogP contribution is 2.25. The summed E-state index contributed by atoms with van der Waals surface area (Å²) in [5.41, 5.74) is -0.477. The minimum atomic E-state index is -4.06. The topological polar surface area (TPSA) is 66.4 Å². The molecule has 0 fully saturated rings. The molecule has 1 aromatic carbocycles. The fraction of sp³-hybridized carbons (Fsp3) is 0.0909. The lowest BCUT2D eigenvalue weighted by Crippen LogP contribution is -2.14. The third-order valence-electron chi connectivity index (χ3n) is 2.31. The standard InChI is InChI=1S/C11H9F2NO3S2/c12-7-1-2-8(13)9(5-7)14-19(16,17)11-3-4-18-10(11)6-15/h1-5,14-15H,6H2. The lowest BCUT2D eigenvalue weighted by atomic mass is 10.3. The zero-order valence-corrected chi connectivity index (χ0v) is 11.1. The normalized spacial score (nSPS) is 11.5. The average molecular weight is 305 g/mol. The molecule has 2 rings (SSSR count). The Bertz CT molecular complexity index is 698. The first kappa shape index (κ1) is 13.9. The predicted octanol–water partition coefficient (Wildman–Crippen LogP) is 2.32. The summed E-state index contributed by atoms with van der Waals surface area (Å²) in [6.45, 7) is -0.445. The Morgan fingerprint density at radius 2 is 2.00 bits per heavy atom. The van der Waals surface area contributed by atoms with Gasteiger partial charge in [-0.25, -0.2) is 17.2 Å². The smallest absolute Gasteiger partial charge is 0.263 e. The molecular weight excluding hydrogens is 296 g/mol. The molecule has 0 aliphatic carbocycles. The molecule has 0 spiro atoms. The van der Waals surface area contributed by atoms with Gasteiger partial charge in [0.15, 0.2) is 0 Å². The summed E-state index contributed by atoms with van der Waals surface area (Å²) in [5, 5.41) is 10.5. The van der Waals surface area contributed by atoms with Crippen LogP contribution in [0.4, 0.5) is 14.5 Å². The Morgan fingerprint density at radius 3 is 2.68 bits per heavy atom. The second-order valence-electron chi connectivity index (χ2n) is 3.60. The fourth-order valence-electron chi connectivity index (χ4n) is 1.46. The molecule has 0 saturated carbocycles. The number of hydrogen-bond donors (Lipinski definition) is 2. The van der Waals surface area contributed by atoms with E-state index in [2.05, 4.69) is 0 Å². The Balaban J connectivity index is 2.39. The molecule has 1 heterocycles. The van der Waals surface area contributed by atoms with Gasteiger partial charge < -0.3 is 5.11 Å². The Morgan fingerprint density at radius 1 is 1.26 bits per heavy atom. The fourth-order valence-corrected chi connectivity index (χ4v) is 3.81. The zero-order valence-electron chi connectivity index (χ0n) is 9.43. The molecule has 0 radical (unpaired) electrons. The van der Waals surface area contributed by atoms with Crippen LogP contribution in [0.5, 0.6) is 0 Å². The van der Waals surface area contributed by atoms with Crippen LogP contribution in [0.15, 0.2) is 34.5 Å². The number of rotatable bonds is 4. The molecule has 0 aliphatic rings. The van der Waals surface area contributed by atoms with Crippen molar-refractivity contribution in [1.29, 1.82) is 0 Å². The molecule has 8 heteroatoms. The third kappa shape index (κ3) is 2.91. The monoisotopic (exact) mass is 305 g/mol. The van der Waals surface area contributed by atoms with E-state index in [4.69, 9.17) is 5.11 Å². The molecule has 0 unspecified atom stereocenters. The van der Waals surface area contributed by atoms with Crippen LogP contribution in [-0.4, -0.2) is 13.5 Å². The van der Waals surface area contributed by atoms with Crippen molar-refractivity contribution in [3.63, 3.8) is 0 Å². The first-order chi connectivity index (χ1) is 8.94. The van der Waals surface area contributed by atoms with Crippen molar-refractivity contribution in [2.45, 2.75) is 11.5 Å². The number of halogens is 2. The quantitative estimate of drug-likeness (QED) is 0.911. The van der Waals surface area contributed by atoms with Crippen molar-refractivity contribution in [1.82, 2.24) is 0 Å². The van der Waals surface area contributed by atoms with Gasteiger partial charge in [0, 0.05) is 6.07 Å². The van der Waals surface area contributed by atoms with Crippen LogP contribution in [0, 0.1) is 11.6 Å². The summed E-state index contributed by atoms with van der Waals surface area (Å²) >= 11 is 1.06. The molecule has 0 bridgehead atoms. The van der Waals surface area contributed by atoms with Gasteiger partial charge in [0.25, 0.3) is 10.0 Å². The third-order valence-corrected chi connectivity index (χ3v) is 4.80. The van der Waals surface area contributed by atoms with Crippen molar-refractivity contribution in [2.75, 3.05) is 4.72 Å². The Hall–Kier alpha value is -1.51. The van der Waals surface area contributed by atoms with Crippen LogP contribution in [-0.2, 0) is 16.6 Å². The van der Waals surface area contributed by atoms with Crippen molar-refractivity contribution < 1.29 is 22.3 Å². The summed E-state index contributed by atoms with van der Waals surface area (Å²) in [5.74, 6) is -1.64. The maximum atomic E-state index is 13.4. The van der Waals surface area contributed by atoms with E-state index < -0.39 is 34.0 Å². The van der Waals surface area contributed by atoms with Crippen LogP contribution in [0.2, 0.25) is 0 Å². The van der Waals surface area contributed by atoms with Gasteiger partial charge in [-0.1, -0.05) is 0 Å². The van der Waals surface area contributed by atoms with E-state index in [9.17, 15) is 17.2 Å². The number of anilines is 1. The van der Waals surface area contributed by atoms with E-state index in [0.29, 0.717) is 0 Å². The number of aliphatic hydroxyl groups is 1. The van der Waals surface area contributed by atoms with Gasteiger partial charge in [-0.3, -0.25) is 4.72 Å². The summed E-state index contributed by atoms with van der Waals surface area (Å²) in [7, 11) is -4.06. The van der Waals surface area contributed by atoms with Gasteiger partial charge in [0.1, 0.15) is 16.5 Å². The number of hydrogen-bond acceptors (Lipinski definition) is 4. The number of nitrogens with one attached hydrogen (secondary N) is 1. The van der Waals surface area contributed by atoms with E-state index in [-0.39, 0.29) is 9.77 Å². The Labute approximate surface area is 112 Å². The second kappa shape index (κ2) is 5.24. The van der Waals surface area contributed by atoms with Crippen molar-refractivity contribution in [2.24, 2.45) is 0 Å². The number of benzene rings is 1. The van der Waals surface area contributed by atoms with Gasteiger partial charge in [-0.15, -0.1) is 11.3 Å². The van der Waals surface area contributed by atoms with Crippen LogP contribution < -0.4 is 4.72 Å². The maximum absolute atomic E-state index is 13.4. The van der Waals surface area contributed by atoms with Crippen LogP contribution in [0.1, 0.15) is 4.88 Å². The van der Waals surface area contributed by atoms with E-state index in [1.54, 1.807) is 0 Å². The van der Waals surface area contributed by atoms with Crippen LogP contribution in [0.25, 0.3) is 0 Å². The highest BCUT2D eigenvalue weighted by atomic mass is 32.2. The predicted molar refractivity (Wildman–Crippen MR) is 67.4 cm³/mol. The maximum Gasteiger partial charge on any atom is 0.263 e. The number of thiophene rings is 1. The SMILES string of the molecule is O=S(=O)(Nc1cc(F)ccc1F)c1ccsc1CO. The first-order valence-electron chi connectivity index (χ1n) is 5.09. The highest BCUT2D eigenvalue weighted by Gasteiger charge is 2.21. The summed E-state index contributed by atoms with van der Waals surface area (Å²) < 4.78 is 52.3. The van der Waals surface area contributed by atoms with Gasteiger partial charge >= 0.3 is 0 Å². The van der Waals surface area contributed by atoms with Gasteiger partial charge in [0.2, 0.25) is 0 Å². The molecule has 0 atom stereocenters. The van der Waals surface area contributed by atoms with Gasteiger partial charge in [-0.2, -0.15) is 0 Å². The van der Waals surface area contributed by atoms with Crippen LogP contribution in [0.3, 0.4) is 0 Å². The van der Waals surface area contributed by atoms with Crippen molar-refractivity contribution in [3.05, 3.63) is 46.2 Å². The van der Waals surface area contributed by atoms with E-state index >= 15 is 0 Å². The summed E-state index contributed by atoms with van der Waals surface area (Å²) in [6, 6.07) is 3.75. The Kier molecular flexibility index (Phi) is 3.83. The lowest BCUT2D eigenvalue weighted by Gasteiger charge is -2.09. The largest absolute Gasteiger partial charge is 0.391 e. The lowest BCUT2D eigenvalue weighted by molar-refractivity contribution is 0.282. The van der Waals surface area contributed by atoms with E-state index in [1.807, 2.05) is 4.72 Å². The first-order valence-corrected chi connectivity index (χ1v) is 7.45. The second-order valence-corrected chi connectivity index (χ2v) is 6.25. The molecule has 102 valence electrons. The molecule has 2 N–H and O–H groups in total. The molecule has 19 heavy (non-hydrogen) atoms. The van der Waals surface area contributed by atoms with Crippen molar-refractivity contribution in [3.8, 4) is 0 Å². The molecule has 0 aliphatic heterocycles. The van der Waals surface area contributed by atoms with E-state index in [1.165, 1.54) is 11.4 Å². The molecular formula is C11H9F2NO3S2. The molecule has 4 nitrogen and oxygen atoms in total. The van der Waals surface area contributed by atoms with Gasteiger partial charge in [0.05, 0.1) is 17.2 Å². The summed E-state index contributed by atoms with van der Waals surface area (Å²) in [4.78, 5) is 0.0768. The van der Waals surface area contributed by atoms with Gasteiger partial charge in [-0.05, 0) is 23.6 Å². The average Bonchev–Trinajstić information content (AvgIpc) is 2.82. The van der Waals surface area contributed by atoms with E-state index in [0.717, 1.165) is 29.5 Å². The van der Waals surface area contributed by atoms with Crippen molar-refractivity contribution >= 4 is 27.0 Å². The molecule has 0 saturated heterocycles. The zero-order chi connectivity index (χ0) is 14.0.